The van der Waals surface area contributed by atoms with E-state index in [0.717, 1.165) is 36.8 Å². The van der Waals surface area contributed by atoms with Gasteiger partial charge in [0.2, 0.25) is 0 Å². The molecule has 0 radical (unpaired) electrons. The number of thioether (sulfide) groups is 1. The predicted octanol–water partition coefficient (Wildman–Crippen LogP) is 4.11. The maximum absolute atomic E-state index is 4.70. The first kappa shape index (κ1) is 16.0. The fraction of sp³-hybridized carbons (Fsp3) is 0.692. The molecule has 1 heterocycles. The summed E-state index contributed by atoms with van der Waals surface area (Å²) in [7, 11) is 0. The molecule has 0 aromatic carbocycles. The van der Waals surface area contributed by atoms with E-state index in [9.17, 15) is 0 Å². The third-order valence-corrected chi connectivity index (χ3v) is 4.57. The molecule has 18 heavy (non-hydrogen) atoms. The molecule has 3 nitrogen and oxygen atoms in total. The number of hydrogen-bond acceptors (Lipinski definition) is 4. The first-order chi connectivity index (χ1) is 8.58. The molecule has 0 aliphatic carbocycles. The molecule has 1 aromatic heterocycles. The van der Waals surface area contributed by atoms with Crippen LogP contribution < -0.4 is 5.32 Å². The van der Waals surface area contributed by atoms with Crippen molar-refractivity contribution in [2.75, 3.05) is 11.9 Å². The van der Waals surface area contributed by atoms with Crippen LogP contribution in [0.5, 0.6) is 0 Å². The van der Waals surface area contributed by atoms with Crippen LogP contribution in [0.4, 0.5) is 5.82 Å². The Hall–Kier alpha value is -0.0400. The molecule has 1 aromatic rings. The maximum atomic E-state index is 4.70. The normalized spacial score (nSPS) is 11.0. The molecular formula is C13H22IN3S. The Labute approximate surface area is 128 Å². The van der Waals surface area contributed by atoms with E-state index in [1.165, 1.54) is 9.26 Å². The van der Waals surface area contributed by atoms with Gasteiger partial charge in [-0.1, -0.05) is 27.2 Å². The summed E-state index contributed by atoms with van der Waals surface area (Å²) in [5.74, 6) is 2.84. The molecule has 0 atom stereocenters. The molecule has 0 unspecified atom stereocenters. The molecule has 0 spiro atoms. The van der Waals surface area contributed by atoms with Gasteiger partial charge in [0.15, 0.2) is 0 Å². The van der Waals surface area contributed by atoms with Gasteiger partial charge in [-0.05, 0) is 41.2 Å². The summed E-state index contributed by atoms with van der Waals surface area (Å²) in [6.45, 7) is 9.59. The van der Waals surface area contributed by atoms with E-state index in [2.05, 4.69) is 60.6 Å². The molecule has 102 valence electrons. The van der Waals surface area contributed by atoms with E-state index in [4.69, 9.17) is 4.98 Å². The van der Waals surface area contributed by atoms with Gasteiger partial charge in [0.1, 0.15) is 11.6 Å². The van der Waals surface area contributed by atoms with Crippen molar-refractivity contribution in [3.05, 3.63) is 15.1 Å². The molecule has 0 fully saturated rings. The van der Waals surface area contributed by atoms with Crippen molar-refractivity contribution in [2.24, 2.45) is 0 Å². The van der Waals surface area contributed by atoms with Crippen molar-refractivity contribution >= 4 is 40.2 Å². The van der Waals surface area contributed by atoms with E-state index in [1.807, 2.05) is 11.8 Å². The van der Waals surface area contributed by atoms with Crippen LogP contribution in [0.3, 0.4) is 0 Å². The van der Waals surface area contributed by atoms with E-state index in [-0.39, 0.29) is 0 Å². The minimum absolute atomic E-state index is 0.616. The van der Waals surface area contributed by atoms with Crippen LogP contribution in [-0.2, 0) is 12.2 Å². The van der Waals surface area contributed by atoms with Crippen LogP contribution in [-0.4, -0.2) is 21.8 Å². The molecule has 0 aliphatic rings. The molecule has 0 bridgehead atoms. The van der Waals surface area contributed by atoms with Crippen molar-refractivity contribution in [1.82, 2.24) is 9.97 Å². The summed E-state index contributed by atoms with van der Waals surface area (Å²) in [6.07, 6.45) is 2.15. The van der Waals surface area contributed by atoms with Crippen LogP contribution in [0, 0.1) is 3.57 Å². The maximum Gasteiger partial charge on any atom is 0.143 e. The van der Waals surface area contributed by atoms with Crippen LogP contribution >= 0.6 is 34.4 Å². The average Bonchev–Trinajstić information content (AvgIpc) is 2.32. The number of anilines is 1. The van der Waals surface area contributed by atoms with Gasteiger partial charge < -0.3 is 5.32 Å². The summed E-state index contributed by atoms with van der Waals surface area (Å²) < 4.78 is 1.18. The van der Waals surface area contributed by atoms with Crippen LogP contribution in [0.15, 0.2) is 0 Å². The Balaban J connectivity index is 2.95. The molecular weight excluding hydrogens is 357 g/mol. The third kappa shape index (κ3) is 4.91. The van der Waals surface area contributed by atoms with Gasteiger partial charge in [-0.15, -0.1) is 0 Å². The van der Waals surface area contributed by atoms with Crippen molar-refractivity contribution < 1.29 is 0 Å². The number of rotatable bonds is 7. The minimum Gasteiger partial charge on any atom is -0.369 e. The lowest BCUT2D eigenvalue weighted by molar-refractivity contribution is 0.844. The summed E-state index contributed by atoms with van der Waals surface area (Å²) in [4.78, 5) is 9.32. The number of aromatic nitrogens is 2. The molecule has 0 saturated carbocycles. The highest BCUT2D eigenvalue weighted by molar-refractivity contribution is 14.1. The predicted molar refractivity (Wildman–Crippen MR) is 89.3 cm³/mol. The van der Waals surface area contributed by atoms with Gasteiger partial charge in [-0.25, -0.2) is 9.97 Å². The number of halogens is 1. The van der Waals surface area contributed by atoms with Crippen LogP contribution in [0.25, 0.3) is 0 Å². The lowest BCUT2D eigenvalue weighted by Gasteiger charge is -2.12. The van der Waals surface area contributed by atoms with E-state index >= 15 is 0 Å². The summed E-state index contributed by atoms with van der Waals surface area (Å²) in [6, 6.07) is 0. The quantitative estimate of drug-likeness (QED) is 0.724. The lowest BCUT2D eigenvalue weighted by Crippen LogP contribution is -2.09. The Morgan fingerprint density at radius 1 is 1.28 bits per heavy atom. The molecule has 1 N–H and O–H groups in total. The van der Waals surface area contributed by atoms with Gasteiger partial charge in [0.05, 0.1) is 15.0 Å². The highest BCUT2D eigenvalue weighted by atomic mass is 127. The zero-order chi connectivity index (χ0) is 13.5. The number of hydrogen-bond donors (Lipinski definition) is 1. The zero-order valence-electron chi connectivity index (χ0n) is 11.6. The van der Waals surface area contributed by atoms with E-state index < -0.39 is 0 Å². The van der Waals surface area contributed by atoms with Crippen molar-refractivity contribution in [2.45, 2.75) is 51.5 Å². The number of aryl methyl sites for hydroxylation is 1. The van der Waals surface area contributed by atoms with Gasteiger partial charge in [0.25, 0.3) is 0 Å². The Kier molecular flexibility index (Phi) is 7.29. The summed E-state index contributed by atoms with van der Waals surface area (Å²) in [5, 5.41) is 3.95. The Morgan fingerprint density at radius 3 is 2.56 bits per heavy atom. The highest BCUT2D eigenvalue weighted by Crippen LogP contribution is 2.23. The van der Waals surface area contributed by atoms with Crippen molar-refractivity contribution in [1.29, 1.82) is 0 Å². The van der Waals surface area contributed by atoms with Crippen LogP contribution in [0.1, 0.15) is 45.6 Å². The summed E-state index contributed by atoms with van der Waals surface area (Å²) >= 11 is 4.24. The van der Waals surface area contributed by atoms with Crippen molar-refractivity contribution in [3.63, 3.8) is 0 Å². The topological polar surface area (TPSA) is 37.8 Å². The highest BCUT2D eigenvalue weighted by Gasteiger charge is 2.11. The Bertz CT molecular complexity index is 355. The SMILES string of the molecule is CCCc1nc(CSC(C)C)nc(NCC)c1I. The third-order valence-electron chi connectivity index (χ3n) is 2.34. The lowest BCUT2D eigenvalue weighted by atomic mass is 10.2. The fourth-order valence-electron chi connectivity index (χ4n) is 1.54. The number of nitrogens with zero attached hydrogens (tertiary/aromatic N) is 2. The van der Waals surface area contributed by atoms with Gasteiger partial charge in [-0.3, -0.25) is 0 Å². The first-order valence-corrected chi connectivity index (χ1v) is 8.61. The van der Waals surface area contributed by atoms with Crippen molar-refractivity contribution in [3.8, 4) is 0 Å². The number of nitrogens with one attached hydrogen (secondary N) is 1. The average molecular weight is 379 g/mol. The molecule has 0 saturated heterocycles. The van der Waals surface area contributed by atoms with Gasteiger partial charge >= 0.3 is 0 Å². The fourth-order valence-corrected chi connectivity index (χ4v) is 2.85. The van der Waals surface area contributed by atoms with Gasteiger partial charge in [0, 0.05) is 6.54 Å². The second kappa shape index (κ2) is 8.19. The second-order valence-electron chi connectivity index (χ2n) is 4.39. The first-order valence-electron chi connectivity index (χ1n) is 6.49. The molecule has 1 rings (SSSR count). The largest absolute Gasteiger partial charge is 0.369 e. The minimum atomic E-state index is 0.616. The van der Waals surface area contributed by atoms with Crippen LogP contribution in [0.2, 0.25) is 0 Å². The second-order valence-corrected chi connectivity index (χ2v) is 7.03. The molecule has 0 amide bonds. The smallest absolute Gasteiger partial charge is 0.143 e. The molecule has 0 aliphatic heterocycles. The van der Waals surface area contributed by atoms with Gasteiger partial charge in [-0.2, -0.15) is 11.8 Å². The molecule has 5 heteroatoms. The standard InChI is InChI=1S/C13H22IN3S/c1-5-7-10-12(14)13(15-6-2)17-11(16-10)8-18-9(3)4/h9H,5-8H2,1-4H3,(H,15,16,17). The van der Waals surface area contributed by atoms with E-state index in [0.29, 0.717) is 5.25 Å². The monoisotopic (exact) mass is 379 g/mol. The Morgan fingerprint density at radius 2 is 2.00 bits per heavy atom. The van der Waals surface area contributed by atoms with E-state index in [1.54, 1.807) is 0 Å². The summed E-state index contributed by atoms with van der Waals surface area (Å²) in [5.41, 5.74) is 1.18. The zero-order valence-corrected chi connectivity index (χ0v) is 14.6.